The summed E-state index contributed by atoms with van der Waals surface area (Å²) in [5.74, 6) is -4.58. The lowest BCUT2D eigenvalue weighted by Crippen LogP contribution is -2.58. The minimum absolute atomic E-state index is 0.0138. The molecular formula is C30H35N7O7. The first-order valence-electron chi connectivity index (χ1n) is 14.0. The summed E-state index contributed by atoms with van der Waals surface area (Å²) in [4.78, 5) is 69.0. The molecule has 0 aliphatic heterocycles. The molecule has 4 rings (SSSR count). The quantitative estimate of drug-likeness (QED) is 0.0857. The number of hydrogen-bond donors (Lipinski definition) is 9. The zero-order valence-corrected chi connectivity index (χ0v) is 23.7. The Morgan fingerprint density at radius 2 is 1.23 bits per heavy atom. The number of carboxylic acid groups (broad SMARTS) is 1. The van der Waals surface area contributed by atoms with E-state index in [9.17, 15) is 34.2 Å². The Balaban J connectivity index is 1.56. The molecule has 0 fully saturated rings. The molecule has 4 atom stereocenters. The number of hydrogen-bond acceptors (Lipinski definition) is 7. The van der Waals surface area contributed by atoms with E-state index in [-0.39, 0.29) is 25.7 Å². The zero-order chi connectivity index (χ0) is 31.8. The van der Waals surface area contributed by atoms with Gasteiger partial charge in [0.05, 0.1) is 12.6 Å². The van der Waals surface area contributed by atoms with Gasteiger partial charge in [0.25, 0.3) is 0 Å². The van der Waals surface area contributed by atoms with Crippen LogP contribution in [0.4, 0.5) is 0 Å². The summed E-state index contributed by atoms with van der Waals surface area (Å²) < 4.78 is 0. The number of aromatic nitrogens is 2. The highest BCUT2D eigenvalue weighted by molar-refractivity contribution is 5.95. The van der Waals surface area contributed by atoms with Crippen LogP contribution in [0.2, 0.25) is 0 Å². The van der Waals surface area contributed by atoms with Crippen molar-refractivity contribution in [3.63, 3.8) is 0 Å². The molecule has 0 aliphatic rings. The van der Waals surface area contributed by atoms with Crippen molar-refractivity contribution in [2.45, 2.75) is 49.9 Å². The van der Waals surface area contributed by atoms with Crippen molar-refractivity contribution in [2.75, 3.05) is 6.61 Å². The molecule has 0 saturated heterocycles. The number of benzene rings is 2. The van der Waals surface area contributed by atoms with Crippen LogP contribution in [0.25, 0.3) is 21.8 Å². The molecule has 4 amide bonds. The lowest BCUT2D eigenvalue weighted by Gasteiger charge is -2.25. The van der Waals surface area contributed by atoms with Crippen LogP contribution in [0.5, 0.6) is 0 Å². The Labute approximate surface area is 251 Å². The van der Waals surface area contributed by atoms with Crippen LogP contribution in [-0.4, -0.2) is 80.6 Å². The predicted molar refractivity (Wildman–Crippen MR) is 161 cm³/mol. The average molecular weight is 606 g/mol. The lowest BCUT2D eigenvalue weighted by molar-refractivity contribution is -0.143. The number of aliphatic carboxylic acids is 1. The molecule has 0 saturated carbocycles. The number of nitrogens with two attached hydrogens (primary N) is 2. The fourth-order valence-electron chi connectivity index (χ4n) is 4.92. The first-order valence-corrected chi connectivity index (χ1v) is 14.0. The van der Waals surface area contributed by atoms with Gasteiger partial charge in [-0.25, -0.2) is 4.79 Å². The molecule has 4 aromatic rings. The second-order valence-electron chi connectivity index (χ2n) is 10.4. The van der Waals surface area contributed by atoms with Crippen LogP contribution >= 0.6 is 0 Å². The first-order chi connectivity index (χ1) is 21.1. The van der Waals surface area contributed by atoms with Gasteiger partial charge >= 0.3 is 5.97 Å². The normalized spacial score (nSPS) is 14.0. The number of carboxylic acids is 1. The molecule has 0 spiro atoms. The van der Waals surface area contributed by atoms with E-state index in [0.717, 1.165) is 27.4 Å². The van der Waals surface area contributed by atoms with Gasteiger partial charge in [0.1, 0.15) is 18.1 Å². The third-order valence-corrected chi connectivity index (χ3v) is 7.29. The Morgan fingerprint density at radius 1 is 0.727 bits per heavy atom. The molecule has 44 heavy (non-hydrogen) atoms. The largest absolute Gasteiger partial charge is 0.480 e. The lowest BCUT2D eigenvalue weighted by atomic mass is 10.0. The number of aliphatic hydroxyl groups is 1. The maximum absolute atomic E-state index is 13.7. The highest BCUT2D eigenvalue weighted by Gasteiger charge is 2.31. The van der Waals surface area contributed by atoms with Crippen molar-refractivity contribution in [3.8, 4) is 0 Å². The summed E-state index contributed by atoms with van der Waals surface area (Å²) >= 11 is 0. The van der Waals surface area contributed by atoms with Crippen LogP contribution in [0.15, 0.2) is 60.9 Å². The topological polar surface area (TPSA) is 246 Å². The number of para-hydroxylation sites is 2. The van der Waals surface area contributed by atoms with Crippen LogP contribution in [0, 0.1) is 0 Å². The first kappa shape index (κ1) is 31.7. The third-order valence-electron chi connectivity index (χ3n) is 7.29. The van der Waals surface area contributed by atoms with Gasteiger partial charge in [0.2, 0.25) is 23.6 Å². The molecule has 4 unspecified atom stereocenters. The van der Waals surface area contributed by atoms with Crippen molar-refractivity contribution < 1.29 is 34.2 Å². The van der Waals surface area contributed by atoms with Gasteiger partial charge in [-0.15, -0.1) is 0 Å². The van der Waals surface area contributed by atoms with E-state index in [0.29, 0.717) is 5.56 Å². The molecule has 0 bridgehead atoms. The standard InChI is InChI=1S/C30H35N7O7/c31-20(11-16-13-33-21-7-3-1-5-18(16)21)27(40)36-24(12-17-14-34-22-8-4-2-6-19(17)22)29(42)35-23(9-10-26(32)39)28(41)37-25(15-38)30(43)44/h1-8,13-14,20,23-25,33-34,38H,9-12,15,31H2,(H2,32,39)(H,35,42)(H,36,40)(H,37,41)(H,43,44). The maximum Gasteiger partial charge on any atom is 0.328 e. The van der Waals surface area contributed by atoms with Gasteiger partial charge in [-0.3, -0.25) is 19.2 Å². The van der Waals surface area contributed by atoms with E-state index in [2.05, 4.69) is 25.9 Å². The fourth-order valence-corrected chi connectivity index (χ4v) is 4.92. The summed E-state index contributed by atoms with van der Waals surface area (Å²) in [6, 6.07) is 9.66. The molecule has 2 aromatic heterocycles. The SMILES string of the molecule is NC(=O)CCC(NC(=O)C(Cc1c[nH]c2ccccc12)NC(=O)C(N)Cc1c[nH]c2ccccc12)C(=O)NC(CO)C(=O)O. The van der Waals surface area contributed by atoms with E-state index in [1.807, 2.05) is 48.5 Å². The predicted octanol–water partition coefficient (Wildman–Crippen LogP) is -0.441. The molecule has 0 radical (unpaired) electrons. The molecule has 11 N–H and O–H groups in total. The number of amides is 4. The van der Waals surface area contributed by atoms with Gasteiger partial charge in [0.15, 0.2) is 0 Å². The molecule has 2 heterocycles. The van der Waals surface area contributed by atoms with E-state index >= 15 is 0 Å². The van der Waals surface area contributed by atoms with Crippen molar-refractivity contribution in [2.24, 2.45) is 11.5 Å². The highest BCUT2D eigenvalue weighted by atomic mass is 16.4. The van der Waals surface area contributed by atoms with E-state index in [4.69, 9.17) is 11.5 Å². The van der Waals surface area contributed by atoms with Gasteiger partial charge < -0.3 is 47.6 Å². The summed E-state index contributed by atoms with van der Waals surface area (Å²) in [5, 5.41) is 27.6. The number of carbonyl (C=O) groups is 5. The third kappa shape index (κ3) is 7.79. The van der Waals surface area contributed by atoms with E-state index in [1.54, 1.807) is 12.4 Å². The number of aliphatic hydroxyl groups excluding tert-OH is 1. The second-order valence-corrected chi connectivity index (χ2v) is 10.4. The van der Waals surface area contributed by atoms with Gasteiger partial charge in [0, 0.05) is 47.0 Å². The minimum atomic E-state index is -1.64. The second kappa shape index (κ2) is 14.3. The van der Waals surface area contributed by atoms with Gasteiger partial charge in [-0.05, 0) is 36.1 Å². The summed E-state index contributed by atoms with van der Waals surface area (Å²) in [6.45, 7) is -0.898. The van der Waals surface area contributed by atoms with Crippen LogP contribution in [0.3, 0.4) is 0 Å². The molecule has 2 aromatic carbocycles. The van der Waals surface area contributed by atoms with Crippen LogP contribution in [-0.2, 0) is 36.8 Å². The molecule has 14 heteroatoms. The van der Waals surface area contributed by atoms with E-state index < -0.39 is 60.4 Å². The van der Waals surface area contributed by atoms with E-state index in [1.165, 1.54) is 0 Å². The molecule has 232 valence electrons. The number of H-pyrrole nitrogens is 2. The van der Waals surface area contributed by atoms with Crippen molar-refractivity contribution in [1.82, 2.24) is 25.9 Å². The number of nitrogens with one attached hydrogen (secondary N) is 5. The van der Waals surface area contributed by atoms with Gasteiger partial charge in [-0.1, -0.05) is 36.4 Å². The number of rotatable bonds is 15. The van der Waals surface area contributed by atoms with Crippen LogP contribution < -0.4 is 27.4 Å². The summed E-state index contributed by atoms with van der Waals surface area (Å²) in [5.41, 5.74) is 14.8. The van der Waals surface area contributed by atoms with Crippen LogP contribution in [0.1, 0.15) is 24.0 Å². The number of fused-ring (bicyclic) bond motifs is 2. The zero-order valence-electron chi connectivity index (χ0n) is 23.7. The molecule has 14 nitrogen and oxygen atoms in total. The average Bonchev–Trinajstić information content (AvgIpc) is 3.61. The number of carbonyl (C=O) groups excluding carboxylic acids is 4. The van der Waals surface area contributed by atoms with Crippen molar-refractivity contribution in [3.05, 3.63) is 72.1 Å². The monoisotopic (exact) mass is 605 g/mol. The Morgan fingerprint density at radius 3 is 1.77 bits per heavy atom. The minimum Gasteiger partial charge on any atom is -0.480 e. The number of primary amides is 1. The Kier molecular flexibility index (Phi) is 10.3. The van der Waals surface area contributed by atoms with Crippen molar-refractivity contribution >= 4 is 51.4 Å². The number of aromatic amines is 2. The Bertz CT molecular complexity index is 1660. The van der Waals surface area contributed by atoms with Gasteiger partial charge in [-0.2, -0.15) is 0 Å². The fraction of sp³-hybridized carbons (Fsp3) is 0.300. The Hall–Kier alpha value is -5.21. The summed E-state index contributed by atoms with van der Waals surface area (Å²) in [6.07, 6.45) is 3.12. The molecular weight excluding hydrogens is 570 g/mol. The summed E-state index contributed by atoms with van der Waals surface area (Å²) in [7, 11) is 0. The maximum atomic E-state index is 13.7. The highest BCUT2D eigenvalue weighted by Crippen LogP contribution is 2.21. The molecule has 0 aliphatic carbocycles. The smallest absolute Gasteiger partial charge is 0.328 e. The van der Waals surface area contributed by atoms with Crippen molar-refractivity contribution in [1.29, 1.82) is 0 Å².